The van der Waals surface area contributed by atoms with Crippen LogP contribution in [0.25, 0.3) is 16.3 Å². The van der Waals surface area contributed by atoms with Crippen LogP contribution in [-0.4, -0.2) is 6.21 Å². The lowest BCUT2D eigenvalue weighted by Crippen LogP contribution is -2.28. The van der Waals surface area contributed by atoms with E-state index in [9.17, 15) is 0 Å². The highest BCUT2D eigenvalue weighted by Crippen LogP contribution is 2.20. The molecule has 3 heteroatoms. The minimum atomic E-state index is 0.836. The largest absolute Gasteiger partial charge is 0.262 e. The molecule has 1 aromatic heterocycles. The number of allylic oxidation sites excluding steroid dienone is 1. The van der Waals surface area contributed by atoms with Crippen molar-refractivity contribution < 1.29 is 4.57 Å². The number of rotatable bonds is 4. The minimum absolute atomic E-state index is 0.836. The lowest BCUT2D eigenvalue weighted by atomic mass is 10.3. The Balaban J connectivity index is 1.68. The number of aliphatic imine (C=N–C) groups is 1. The van der Waals surface area contributed by atoms with Crippen molar-refractivity contribution >= 4 is 39.5 Å². The molecule has 1 heterocycles. The van der Waals surface area contributed by atoms with Crippen LogP contribution in [0, 0.1) is 0 Å². The third kappa shape index (κ3) is 3.26. The van der Waals surface area contributed by atoms with E-state index >= 15 is 0 Å². The predicted octanol–water partition coefficient (Wildman–Crippen LogP) is 4.53. The van der Waals surface area contributed by atoms with Gasteiger partial charge in [0.2, 0.25) is 5.52 Å². The number of benzene rings is 2. The van der Waals surface area contributed by atoms with E-state index in [0.717, 1.165) is 12.1 Å². The van der Waals surface area contributed by atoms with E-state index in [0.29, 0.717) is 0 Å². The van der Waals surface area contributed by atoms with Crippen LogP contribution in [0.2, 0.25) is 0 Å². The first-order valence-electron chi connectivity index (χ1n) is 6.96. The molecule has 0 aliphatic rings. The molecule has 0 aliphatic heterocycles. The zero-order valence-electron chi connectivity index (χ0n) is 11.9. The molecule has 0 amide bonds. The fourth-order valence-electron chi connectivity index (χ4n) is 2.17. The maximum atomic E-state index is 4.42. The molecule has 0 atom stereocenters. The highest BCUT2D eigenvalue weighted by Gasteiger charge is 2.12. The second-order valence-corrected chi connectivity index (χ2v) is 5.81. The Kier molecular flexibility index (Phi) is 4.22. The number of hydrogen-bond acceptors (Lipinski definition) is 2. The molecule has 0 saturated carbocycles. The number of aromatic nitrogens is 1. The summed E-state index contributed by atoms with van der Waals surface area (Å²) in [5, 5.41) is 1.25. The van der Waals surface area contributed by atoms with Crippen molar-refractivity contribution in [2.75, 3.05) is 0 Å². The summed E-state index contributed by atoms with van der Waals surface area (Å²) in [6.45, 7) is 0. The highest BCUT2D eigenvalue weighted by atomic mass is 32.1. The van der Waals surface area contributed by atoms with Crippen LogP contribution in [-0.2, 0) is 7.05 Å². The fourth-order valence-corrected chi connectivity index (χ4v) is 3.25. The Morgan fingerprint density at radius 3 is 2.62 bits per heavy atom. The molecule has 0 saturated heterocycles. The SMILES string of the molecule is C[n+]1c(C=CCC=Nc2ccccc2)sc2ccccc21. The average molecular weight is 293 g/mol. The van der Waals surface area contributed by atoms with Gasteiger partial charge in [-0.05, 0) is 18.2 Å². The molecular weight excluding hydrogens is 276 g/mol. The van der Waals surface area contributed by atoms with E-state index in [1.54, 1.807) is 0 Å². The van der Waals surface area contributed by atoms with Crippen LogP contribution in [0.3, 0.4) is 0 Å². The van der Waals surface area contributed by atoms with Crippen LogP contribution in [0.5, 0.6) is 0 Å². The van der Waals surface area contributed by atoms with Gasteiger partial charge in [-0.15, -0.1) is 0 Å². The molecular formula is C18H17N2S+. The summed E-state index contributed by atoms with van der Waals surface area (Å²) in [7, 11) is 2.11. The molecule has 21 heavy (non-hydrogen) atoms. The van der Waals surface area contributed by atoms with Gasteiger partial charge < -0.3 is 0 Å². The number of thiazole rings is 1. The molecule has 0 fully saturated rings. The van der Waals surface area contributed by atoms with Gasteiger partial charge in [-0.3, -0.25) is 4.99 Å². The quantitative estimate of drug-likeness (QED) is 0.496. The summed E-state index contributed by atoms with van der Waals surface area (Å²) in [6.07, 6.45) is 7.10. The van der Waals surface area contributed by atoms with Gasteiger partial charge in [0, 0.05) is 24.8 Å². The molecule has 0 bridgehead atoms. The molecule has 2 nitrogen and oxygen atoms in total. The summed E-state index contributed by atoms with van der Waals surface area (Å²) in [5.41, 5.74) is 2.28. The smallest absolute Gasteiger partial charge is 0.261 e. The van der Waals surface area contributed by atoms with Gasteiger partial charge in [-0.1, -0.05) is 47.7 Å². The fraction of sp³-hybridized carbons (Fsp3) is 0.111. The normalized spacial score (nSPS) is 11.9. The first-order chi connectivity index (χ1) is 10.3. The first kappa shape index (κ1) is 13.7. The molecule has 0 aliphatic carbocycles. The van der Waals surface area contributed by atoms with Crippen molar-refractivity contribution in [2.24, 2.45) is 12.0 Å². The van der Waals surface area contributed by atoms with Crippen LogP contribution in [0.15, 0.2) is 65.7 Å². The molecule has 0 unspecified atom stereocenters. The molecule has 2 aromatic carbocycles. The summed E-state index contributed by atoms with van der Waals surface area (Å²) in [4.78, 5) is 4.42. The van der Waals surface area contributed by atoms with E-state index in [1.807, 2.05) is 47.9 Å². The number of para-hydroxylation sites is 2. The molecule has 3 rings (SSSR count). The van der Waals surface area contributed by atoms with E-state index in [1.165, 1.54) is 15.2 Å². The van der Waals surface area contributed by atoms with Crippen molar-refractivity contribution in [2.45, 2.75) is 6.42 Å². The van der Waals surface area contributed by atoms with Crippen molar-refractivity contribution in [3.63, 3.8) is 0 Å². The first-order valence-corrected chi connectivity index (χ1v) is 7.78. The van der Waals surface area contributed by atoms with Gasteiger partial charge in [0.05, 0.1) is 5.69 Å². The van der Waals surface area contributed by atoms with Crippen LogP contribution < -0.4 is 4.57 Å². The Hall–Kier alpha value is -2.26. The van der Waals surface area contributed by atoms with Gasteiger partial charge in [-0.25, -0.2) is 0 Å². The number of aryl methyl sites for hydroxylation is 1. The summed E-state index contributed by atoms with van der Waals surface area (Å²) in [5.74, 6) is 0. The number of fused-ring (bicyclic) bond motifs is 1. The molecule has 0 radical (unpaired) electrons. The van der Waals surface area contributed by atoms with E-state index < -0.39 is 0 Å². The van der Waals surface area contributed by atoms with Crippen LogP contribution in [0.4, 0.5) is 5.69 Å². The van der Waals surface area contributed by atoms with Crippen molar-refractivity contribution in [1.82, 2.24) is 0 Å². The average Bonchev–Trinajstić information content (AvgIpc) is 2.85. The Morgan fingerprint density at radius 2 is 1.81 bits per heavy atom. The third-order valence-corrected chi connectivity index (χ3v) is 4.45. The summed E-state index contributed by atoms with van der Waals surface area (Å²) in [6, 6.07) is 18.5. The molecule has 104 valence electrons. The van der Waals surface area contributed by atoms with Crippen molar-refractivity contribution in [1.29, 1.82) is 0 Å². The lowest BCUT2D eigenvalue weighted by molar-refractivity contribution is -0.642. The standard InChI is InChI=1S/C18H17N2S/c1-20-16-11-5-6-12-17(16)21-18(20)13-7-8-14-19-15-9-3-2-4-10-15/h2-7,9-14H,8H2,1H3/q+1. The van der Waals surface area contributed by atoms with Crippen LogP contribution in [0.1, 0.15) is 11.4 Å². The summed E-state index contributed by atoms with van der Waals surface area (Å²) >= 11 is 1.81. The van der Waals surface area contributed by atoms with Crippen molar-refractivity contribution in [3.8, 4) is 0 Å². The van der Waals surface area contributed by atoms with E-state index in [2.05, 4.69) is 53.0 Å². The lowest BCUT2D eigenvalue weighted by Gasteiger charge is -1.89. The zero-order valence-corrected chi connectivity index (χ0v) is 12.8. The number of nitrogens with zero attached hydrogens (tertiary/aromatic N) is 2. The second kappa shape index (κ2) is 6.46. The minimum Gasteiger partial charge on any atom is -0.261 e. The van der Waals surface area contributed by atoms with Gasteiger partial charge in [-0.2, -0.15) is 4.57 Å². The van der Waals surface area contributed by atoms with Crippen LogP contribution >= 0.6 is 11.3 Å². The highest BCUT2D eigenvalue weighted by molar-refractivity contribution is 7.18. The zero-order chi connectivity index (χ0) is 14.5. The molecule has 0 N–H and O–H groups in total. The Morgan fingerprint density at radius 1 is 1.05 bits per heavy atom. The van der Waals surface area contributed by atoms with E-state index in [4.69, 9.17) is 0 Å². The van der Waals surface area contributed by atoms with Gasteiger partial charge >= 0.3 is 0 Å². The monoisotopic (exact) mass is 293 g/mol. The maximum Gasteiger partial charge on any atom is 0.262 e. The molecule has 3 aromatic rings. The van der Waals surface area contributed by atoms with E-state index in [-0.39, 0.29) is 0 Å². The van der Waals surface area contributed by atoms with Gasteiger partial charge in [0.15, 0.2) is 0 Å². The molecule has 0 spiro atoms. The van der Waals surface area contributed by atoms with Gasteiger partial charge in [0.25, 0.3) is 5.01 Å². The third-order valence-electron chi connectivity index (χ3n) is 3.27. The number of hydrogen-bond donors (Lipinski definition) is 0. The van der Waals surface area contributed by atoms with Gasteiger partial charge in [0.1, 0.15) is 11.7 Å². The summed E-state index contributed by atoms with van der Waals surface area (Å²) < 4.78 is 3.54. The predicted molar refractivity (Wildman–Crippen MR) is 91.2 cm³/mol. The topological polar surface area (TPSA) is 16.2 Å². The van der Waals surface area contributed by atoms with Crippen molar-refractivity contribution in [3.05, 3.63) is 65.7 Å². The Bertz CT molecular complexity index is 785. The second-order valence-electron chi connectivity index (χ2n) is 4.75. The Labute approximate surface area is 128 Å². The maximum absolute atomic E-state index is 4.42.